The zero-order valence-electron chi connectivity index (χ0n) is 11.6. The molecular formula is C13H19BrN2O3S. The number of hydrogen-bond donors (Lipinski definition) is 1. The molecule has 112 valence electrons. The van der Waals surface area contributed by atoms with Crippen LogP contribution in [0.3, 0.4) is 0 Å². The molecule has 1 aliphatic rings. The molecule has 1 heterocycles. The van der Waals surface area contributed by atoms with Crippen LogP contribution in [0.5, 0.6) is 0 Å². The zero-order chi connectivity index (χ0) is 14.8. The molecule has 20 heavy (non-hydrogen) atoms. The van der Waals surface area contributed by atoms with Crippen LogP contribution in [0, 0.1) is 6.92 Å². The lowest BCUT2D eigenvalue weighted by Gasteiger charge is -2.27. The molecule has 2 rings (SSSR count). The Bertz CT molecular complexity index is 571. The Balaban J connectivity index is 2.13. The van der Waals surface area contributed by atoms with Crippen LogP contribution in [0.15, 0.2) is 27.6 Å². The third kappa shape index (κ3) is 3.59. The summed E-state index contributed by atoms with van der Waals surface area (Å²) in [5.41, 5.74) is 0.898. The standard InChI is InChI=1S/C13H19BrN2O3S/c1-10-7-12(3-4-13(10)14)20(17,18)16(2)9-11-8-15-5-6-19-11/h3-4,7,11,15H,5-6,8-9H2,1-2H3. The lowest BCUT2D eigenvalue weighted by Crippen LogP contribution is -2.45. The van der Waals surface area contributed by atoms with E-state index in [9.17, 15) is 8.42 Å². The van der Waals surface area contributed by atoms with E-state index in [1.807, 2.05) is 6.92 Å². The normalized spacial score (nSPS) is 20.3. The van der Waals surface area contributed by atoms with Gasteiger partial charge >= 0.3 is 0 Å². The smallest absolute Gasteiger partial charge is 0.242 e. The Morgan fingerprint density at radius 2 is 2.25 bits per heavy atom. The first-order valence-corrected chi connectivity index (χ1v) is 8.69. The van der Waals surface area contributed by atoms with Crippen LogP contribution >= 0.6 is 15.9 Å². The summed E-state index contributed by atoms with van der Waals surface area (Å²) in [6, 6.07) is 5.05. The minimum Gasteiger partial charge on any atom is -0.374 e. The number of nitrogens with zero attached hydrogens (tertiary/aromatic N) is 1. The van der Waals surface area contributed by atoms with Crippen molar-refractivity contribution in [2.24, 2.45) is 0 Å². The molecule has 1 N–H and O–H groups in total. The Morgan fingerprint density at radius 1 is 1.50 bits per heavy atom. The van der Waals surface area contributed by atoms with E-state index in [1.54, 1.807) is 25.2 Å². The number of likely N-dealkylation sites (N-methyl/N-ethyl adjacent to an activating group) is 1. The molecule has 1 atom stereocenters. The fraction of sp³-hybridized carbons (Fsp3) is 0.538. The molecule has 0 saturated carbocycles. The highest BCUT2D eigenvalue weighted by Crippen LogP contribution is 2.22. The molecular weight excluding hydrogens is 344 g/mol. The van der Waals surface area contributed by atoms with Crippen molar-refractivity contribution in [2.45, 2.75) is 17.9 Å². The molecule has 1 aliphatic heterocycles. The maximum Gasteiger partial charge on any atom is 0.242 e. The summed E-state index contributed by atoms with van der Waals surface area (Å²) in [6.45, 7) is 4.34. The van der Waals surface area contributed by atoms with Gasteiger partial charge in [-0.25, -0.2) is 8.42 Å². The predicted octanol–water partition coefficient (Wildman–Crippen LogP) is 1.37. The van der Waals surface area contributed by atoms with Crippen LogP contribution in [0.4, 0.5) is 0 Å². The monoisotopic (exact) mass is 362 g/mol. The van der Waals surface area contributed by atoms with E-state index in [2.05, 4.69) is 21.2 Å². The highest BCUT2D eigenvalue weighted by molar-refractivity contribution is 9.10. The van der Waals surface area contributed by atoms with Gasteiger partial charge < -0.3 is 10.1 Å². The SMILES string of the molecule is Cc1cc(S(=O)(=O)N(C)CC2CNCCO2)ccc1Br. The van der Waals surface area contributed by atoms with Gasteiger partial charge in [0.15, 0.2) is 0 Å². The van der Waals surface area contributed by atoms with Crippen molar-refractivity contribution < 1.29 is 13.2 Å². The van der Waals surface area contributed by atoms with E-state index in [1.165, 1.54) is 4.31 Å². The van der Waals surface area contributed by atoms with Crippen LogP contribution < -0.4 is 5.32 Å². The molecule has 1 aromatic carbocycles. The van der Waals surface area contributed by atoms with Gasteiger partial charge in [-0.05, 0) is 30.7 Å². The lowest BCUT2D eigenvalue weighted by atomic mass is 10.2. The Labute approximate surface area is 128 Å². The van der Waals surface area contributed by atoms with Gasteiger partial charge in [0.2, 0.25) is 10.0 Å². The first-order chi connectivity index (χ1) is 9.41. The van der Waals surface area contributed by atoms with Crippen molar-refractivity contribution in [1.82, 2.24) is 9.62 Å². The quantitative estimate of drug-likeness (QED) is 0.878. The van der Waals surface area contributed by atoms with E-state index in [-0.39, 0.29) is 6.10 Å². The Morgan fingerprint density at radius 3 is 2.85 bits per heavy atom. The van der Waals surface area contributed by atoms with Gasteiger partial charge in [0.1, 0.15) is 0 Å². The van der Waals surface area contributed by atoms with E-state index in [4.69, 9.17) is 4.74 Å². The fourth-order valence-electron chi connectivity index (χ4n) is 2.08. The number of morpholine rings is 1. The van der Waals surface area contributed by atoms with E-state index in [0.717, 1.165) is 16.6 Å². The van der Waals surface area contributed by atoms with Crippen molar-refractivity contribution >= 4 is 26.0 Å². The van der Waals surface area contributed by atoms with Gasteiger partial charge in [0.25, 0.3) is 0 Å². The zero-order valence-corrected chi connectivity index (χ0v) is 14.0. The van der Waals surface area contributed by atoms with Gasteiger partial charge in [0.05, 0.1) is 17.6 Å². The third-order valence-corrected chi connectivity index (χ3v) is 6.01. The fourth-order valence-corrected chi connectivity index (χ4v) is 3.61. The molecule has 0 radical (unpaired) electrons. The summed E-state index contributed by atoms with van der Waals surface area (Å²) in [4.78, 5) is 0.310. The summed E-state index contributed by atoms with van der Waals surface area (Å²) < 4.78 is 32.8. The summed E-state index contributed by atoms with van der Waals surface area (Å²) in [5.74, 6) is 0. The van der Waals surface area contributed by atoms with E-state index in [0.29, 0.717) is 24.6 Å². The molecule has 0 aliphatic carbocycles. The second-order valence-corrected chi connectivity index (χ2v) is 7.79. The van der Waals surface area contributed by atoms with Crippen molar-refractivity contribution in [3.05, 3.63) is 28.2 Å². The Hall–Kier alpha value is -0.470. The average Bonchev–Trinajstić information content (AvgIpc) is 2.42. The largest absolute Gasteiger partial charge is 0.374 e. The summed E-state index contributed by atoms with van der Waals surface area (Å²) in [6.07, 6.45) is -0.0972. The van der Waals surface area contributed by atoms with Crippen molar-refractivity contribution in [1.29, 1.82) is 0 Å². The van der Waals surface area contributed by atoms with Crippen LogP contribution in [0.2, 0.25) is 0 Å². The van der Waals surface area contributed by atoms with Crippen molar-refractivity contribution in [3.63, 3.8) is 0 Å². The molecule has 0 bridgehead atoms. The van der Waals surface area contributed by atoms with Crippen LogP contribution in [0.1, 0.15) is 5.56 Å². The molecule has 0 aromatic heterocycles. The van der Waals surface area contributed by atoms with E-state index < -0.39 is 10.0 Å². The minimum absolute atomic E-state index is 0.0972. The number of sulfonamides is 1. The van der Waals surface area contributed by atoms with Gasteiger partial charge in [-0.2, -0.15) is 4.31 Å². The van der Waals surface area contributed by atoms with Gasteiger partial charge in [0, 0.05) is 31.2 Å². The molecule has 5 nitrogen and oxygen atoms in total. The van der Waals surface area contributed by atoms with E-state index >= 15 is 0 Å². The maximum atomic E-state index is 12.5. The molecule has 1 saturated heterocycles. The predicted molar refractivity (Wildman–Crippen MR) is 81.3 cm³/mol. The maximum absolute atomic E-state index is 12.5. The van der Waals surface area contributed by atoms with Crippen molar-refractivity contribution in [3.8, 4) is 0 Å². The molecule has 1 aromatic rings. The molecule has 1 fully saturated rings. The highest BCUT2D eigenvalue weighted by Gasteiger charge is 2.25. The molecule has 1 unspecified atom stereocenters. The number of halogens is 1. The first-order valence-electron chi connectivity index (χ1n) is 6.46. The number of benzene rings is 1. The van der Waals surface area contributed by atoms with Crippen LogP contribution in [0.25, 0.3) is 0 Å². The topological polar surface area (TPSA) is 58.6 Å². The van der Waals surface area contributed by atoms with Gasteiger partial charge in [-0.1, -0.05) is 15.9 Å². The number of nitrogens with one attached hydrogen (secondary N) is 1. The van der Waals surface area contributed by atoms with Crippen LogP contribution in [-0.4, -0.2) is 52.1 Å². The van der Waals surface area contributed by atoms with Gasteiger partial charge in [-0.3, -0.25) is 0 Å². The first kappa shape index (κ1) is 15.9. The number of aryl methyl sites for hydroxylation is 1. The molecule has 7 heteroatoms. The van der Waals surface area contributed by atoms with Gasteiger partial charge in [-0.15, -0.1) is 0 Å². The lowest BCUT2D eigenvalue weighted by molar-refractivity contribution is 0.0206. The molecule has 0 spiro atoms. The second-order valence-electron chi connectivity index (χ2n) is 4.89. The number of ether oxygens (including phenoxy) is 1. The van der Waals surface area contributed by atoms with Crippen LogP contribution in [-0.2, 0) is 14.8 Å². The summed E-state index contributed by atoms with van der Waals surface area (Å²) in [7, 11) is -1.88. The number of rotatable bonds is 4. The third-order valence-electron chi connectivity index (χ3n) is 3.30. The second kappa shape index (κ2) is 6.53. The summed E-state index contributed by atoms with van der Waals surface area (Å²) >= 11 is 3.38. The van der Waals surface area contributed by atoms with Crippen molar-refractivity contribution in [2.75, 3.05) is 33.3 Å². The minimum atomic E-state index is -3.47. The summed E-state index contributed by atoms with van der Waals surface area (Å²) in [5, 5.41) is 3.20. The Kier molecular flexibility index (Phi) is 5.19. The average molecular weight is 363 g/mol. The number of hydrogen-bond acceptors (Lipinski definition) is 4. The highest BCUT2D eigenvalue weighted by atomic mass is 79.9. The molecule has 0 amide bonds.